The van der Waals surface area contributed by atoms with Crippen molar-refractivity contribution in [2.75, 3.05) is 33.6 Å². The zero-order valence-electron chi connectivity index (χ0n) is 18.5. The molecule has 1 aliphatic heterocycles. The lowest BCUT2D eigenvalue weighted by atomic mass is 10.1. The summed E-state index contributed by atoms with van der Waals surface area (Å²) in [5.41, 5.74) is 0.979. The Kier molecular flexibility index (Phi) is 6.23. The predicted octanol–water partition coefficient (Wildman–Crippen LogP) is 3.14. The number of anilines is 5. The van der Waals surface area contributed by atoms with Gasteiger partial charge in [-0.1, -0.05) is 12.1 Å². The Labute approximate surface area is 198 Å². The Balaban J connectivity index is 1.64. The Morgan fingerprint density at radius 2 is 1.94 bits per heavy atom. The van der Waals surface area contributed by atoms with Crippen LogP contribution in [-0.2, 0) is 34.0 Å². The normalized spacial score (nSPS) is 13.2. The van der Waals surface area contributed by atoms with Crippen LogP contribution in [0.15, 0.2) is 42.7 Å². The van der Waals surface area contributed by atoms with Gasteiger partial charge in [0, 0.05) is 48.5 Å². The monoisotopic (exact) mass is 507 g/mol. The fraction of sp³-hybridized carbons (Fsp3) is 0.238. The molecule has 3 heterocycles. The summed E-state index contributed by atoms with van der Waals surface area (Å²) >= 11 is 0. The number of amides is 1. The van der Waals surface area contributed by atoms with Crippen molar-refractivity contribution in [3.8, 4) is 0 Å². The molecule has 0 aliphatic carbocycles. The quantitative estimate of drug-likeness (QED) is 0.445. The van der Waals surface area contributed by atoms with Crippen LogP contribution >= 0.6 is 0 Å². The minimum absolute atomic E-state index is 0.0699. The fourth-order valence-corrected chi connectivity index (χ4v) is 3.94. The molecule has 0 spiro atoms. The number of halogens is 3. The number of hydrogen-bond donors (Lipinski definition) is 3. The molecule has 14 heteroatoms. The number of rotatable bonds is 7. The Morgan fingerprint density at radius 1 is 1.17 bits per heavy atom. The lowest BCUT2D eigenvalue weighted by Crippen LogP contribution is -2.27. The maximum Gasteiger partial charge on any atom is 0.421 e. The number of nitrogens with zero attached hydrogens (tertiary/aromatic N) is 4. The van der Waals surface area contributed by atoms with E-state index in [1.165, 1.54) is 13.2 Å². The molecule has 0 bridgehead atoms. The summed E-state index contributed by atoms with van der Waals surface area (Å²) < 4.78 is 65.7. The maximum atomic E-state index is 13.6. The highest BCUT2D eigenvalue weighted by atomic mass is 32.2. The topological polar surface area (TPSA) is 129 Å². The van der Waals surface area contributed by atoms with Gasteiger partial charge in [-0.05, 0) is 18.2 Å². The Morgan fingerprint density at radius 3 is 2.66 bits per heavy atom. The number of fused-ring (bicyclic) bond motifs is 1. The first-order chi connectivity index (χ1) is 16.4. The molecule has 0 unspecified atom stereocenters. The van der Waals surface area contributed by atoms with Crippen LogP contribution in [0.1, 0.15) is 16.7 Å². The third-order valence-electron chi connectivity index (χ3n) is 5.24. The first-order valence-corrected chi connectivity index (χ1v) is 12.0. The minimum Gasteiger partial charge on any atom is -0.365 e. The molecular weight excluding hydrogens is 487 g/mol. The summed E-state index contributed by atoms with van der Waals surface area (Å²) in [5.74, 6) is -0.752. The Bertz CT molecular complexity index is 1400. The summed E-state index contributed by atoms with van der Waals surface area (Å²) in [6.07, 6.45) is -1.61. The second-order valence-electron chi connectivity index (χ2n) is 7.71. The van der Waals surface area contributed by atoms with Crippen molar-refractivity contribution >= 4 is 44.9 Å². The SMILES string of the molecule is CN(c1ncccc1CNc1nc(Nc2cccc3c2CC(=O)N3)ncc1C(F)(F)F)S(C)(=O)=O. The molecule has 184 valence electrons. The fourth-order valence-electron chi connectivity index (χ4n) is 3.46. The number of carbonyl (C=O) groups is 1. The van der Waals surface area contributed by atoms with E-state index in [0.717, 1.165) is 10.6 Å². The van der Waals surface area contributed by atoms with E-state index < -0.39 is 27.6 Å². The first kappa shape index (κ1) is 24.2. The molecule has 3 N–H and O–H groups in total. The highest BCUT2D eigenvalue weighted by molar-refractivity contribution is 7.92. The van der Waals surface area contributed by atoms with E-state index >= 15 is 0 Å². The third-order valence-corrected chi connectivity index (χ3v) is 6.41. The molecule has 0 saturated heterocycles. The molecule has 4 rings (SSSR count). The van der Waals surface area contributed by atoms with Crippen LogP contribution in [0.2, 0.25) is 0 Å². The number of aromatic nitrogens is 3. The van der Waals surface area contributed by atoms with Crippen molar-refractivity contribution in [2.24, 2.45) is 0 Å². The highest BCUT2D eigenvalue weighted by Gasteiger charge is 2.35. The van der Waals surface area contributed by atoms with Crippen LogP contribution in [0.25, 0.3) is 0 Å². The van der Waals surface area contributed by atoms with Gasteiger partial charge in [0.1, 0.15) is 17.2 Å². The molecule has 1 amide bonds. The third kappa shape index (κ3) is 5.26. The van der Waals surface area contributed by atoms with E-state index in [4.69, 9.17) is 0 Å². The molecule has 0 saturated carbocycles. The van der Waals surface area contributed by atoms with Gasteiger partial charge in [-0.15, -0.1) is 0 Å². The predicted molar refractivity (Wildman–Crippen MR) is 124 cm³/mol. The van der Waals surface area contributed by atoms with Gasteiger partial charge in [0.25, 0.3) is 0 Å². The molecule has 2 aromatic heterocycles. The van der Waals surface area contributed by atoms with E-state index in [1.807, 2.05) is 0 Å². The number of sulfonamides is 1. The van der Waals surface area contributed by atoms with Crippen LogP contribution < -0.4 is 20.3 Å². The molecule has 10 nitrogen and oxygen atoms in total. The van der Waals surface area contributed by atoms with E-state index in [9.17, 15) is 26.4 Å². The number of pyridine rings is 1. The van der Waals surface area contributed by atoms with Gasteiger partial charge < -0.3 is 16.0 Å². The number of alkyl halides is 3. The molecule has 35 heavy (non-hydrogen) atoms. The highest BCUT2D eigenvalue weighted by Crippen LogP contribution is 2.36. The van der Waals surface area contributed by atoms with Crippen LogP contribution in [-0.4, -0.2) is 42.6 Å². The summed E-state index contributed by atoms with van der Waals surface area (Å²) in [4.78, 5) is 23.6. The van der Waals surface area contributed by atoms with Crippen molar-refractivity contribution in [2.45, 2.75) is 19.1 Å². The minimum atomic E-state index is -4.74. The van der Waals surface area contributed by atoms with Gasteiger partial charge in [0.05, 0.1) is 12.7 Å². The van der Waals surface area contributed by atoms with E-state index in [1.54, 1.807) is 30.3 Å². The summed E-state index contributed by atoms with van der Waals surface area (Å²) in [6, 6.07) is 8.14. The molecule has 1 aliphatic rings. The van der Waals surface area contributed by atoms with Crippen LogP contribution in [0.4, 0.5) is 42.1 Å². The number of benzene rings is 1. The molecule has 3 aromatic rings. The van der Waals surface area contributed by atoms with Crippen molar-refractivity contribution in [1.29, 1.82) is 0 Å². The van der Waals surface area contributed by atoms with Crippen molar-refractivity contribution in [3.63, 3.8) is 0 Å². The Hall–Kier alpha value is -3.94. The van der Waals surface area contributed by atoms with Crippen molar-refractivity contribution in [3.05, 3.63) is 59.4 Å². The van der Waals surface area contributed by atoms with Crippen molar-refractivity contribution in [1.82, 2.24) is 15.0 Å². The largest absolute Gasteiger partial charge is 0.421 e. The van der Waals surface area contributed by atoms with Crippen molar-refractivity contribution < 1.29 is 26.4 Å². The number of nitrogens with one attached hydrogen (secondary N) is 3. The van der Waals surface area contributed by atoms with Crippen LogP contribution in [0.5, 0.6) is 0 Å². The van der Waals surface area contributed by atoms with Gasteiger partial charge >= 0.3 is 6.18 Å². The second-order valence-corrected chi connectivity index (χ2v) is 9.72. The van der Waals surface area contributed by atoms with E-state index in [2.05, 4.69) is 30.9 Å². The number of carbonyl (C=O) groups excluding carboxylic acids is 1. The van der Waals surface area contributed by atoms with Gasteiger partial charge in [0.2, 0.25) is 21.9 Å². The molecule has 0 radical (unpaired) electrons. The average molecular weight is 507 g/mol. The lowest BCUT2D eigenvalue weighted by Gasteiger charge is -2.20. The summed E-state index contributed by atoms with van der Waals surface area (Å²) in [5, 5.41) is 8.19. The molecular formula is C21H20F3N7O3S. The zero-order valence-corrected chi connectivity index (χ0v) is 19.3. The van der Waals surface area contributed by atoms with Gasteiger partial charge in [-0.2, -0.15) is 18.2 Å². The maximum absolute atomic E-state index is 13.6. The van der Waals surface area contributed by atoms with E-state index in [0.29, 0.717) is 28.7 Å². The lowest BCUT2D eigenvalue weighted by molar-refractivity contribution is -0.137. The van der Waals surface area contributed by atoms with Gasteiger partial charge in [0.15, 0.2) is 0 Å². The average Bonchev–Trinajstić information content (AvgIpc) is 3.17. The second kappa shape index (κ2) is 9.02. The summed E-state index contributed by atoms with van der Waals surface area (Å²) in [6.45, 7) is -0.193. The molecule has 0 fully saturated rings. The van der Waals surface area contributed by atoms with Crippen LogP contribution in [0.3, 0.4) is 0 Å². The van der Waals surface area contributed by atoms with Gasteiger partial charge in [-0.25, -0.2) is 18.4 Å². The van der Waals surface area contributed by atoms with Gasteiger partial charge in [-0.3, -0.25) is 9.10 Å². The first-order valence-electron chi connectivity index (χ1n) is 10.2. The molecule has 0 atom stereocenters. The van der Waals surface area contributed by atoms with E-state index in [-0.39, 0.29) is 30.6 Å². The zero-order chi connectivity index (χ0) is 25.4. The van der Waals surface area contributed by atoms with Crippen LogP contribution in [0, 0.1) is 0 Å². The standard InChI is InChI=1S/C21H20F3N7O3S/c1-31(35(2,33)34)19-12(5-4-8-25-19)10-26-18-14(21(22,23)24)11-27-20(30-18)29-16-7-3-6-15-13(16)9-17(32)28-15/h3-8,11H,9-10H2,1-2H3,(H,28,32)(H2,26,27,29,30). The molecule has 1 aromatic carbocycles. The number of hydrogen-bond acceptors (Lipinski definition) is 8. The summed E-state index contributed by atoms with van der Waals surface area (Å²) in [7, 11) is -2.35. The smallest absolute Gasteiger partial charge is 0.365 e.